The minimum absolute atomic E-state index is 0.0146. The van der Waals surface area contributed by atoms with Gasteiger partial charge in [-0.1, -0.05) is 26.8 Å². The van der Waals surface area contributed by atoms with Crippen LogP contribution in [0.2, 0.25) is 0 Å². The summed E-state index contributed by atoms with van der Waals surface area (Å²) in [5.41, 5.74) is -0.524. The zero-order chi connectivity index (χ0) is 13.1. The van der Waals surface area contributed by atoms with Crippen LogP contribution in [0, 0.1) is 21.3 Å². The molecule has 0 aromatic heterocycles. The highest BCUT2D eigenvalue weighted by Crippen LogP contribution is 2.30. The van der Waals surface area contributed by atoms with Gasteiger partial charge in [0.2, 0.25) is 5.82 Å². The van der Waals surface area contributed by atoms with E-state index in [-0.39, 0.29) is 11.2 Å². The first-order valence-electron chi connectivity index (χ1n) is 5.37. The summed E-state index contributed by atoms with van der Waals surface area (Å²) in [4.78, 5) is 9.93. The molecule has 0 bridgehead atoms. The summed E-state index contributed by atoms with van der Waals surface area (Å²) < 4.78 is 18.5. The topological polar surface area (TPSA) is 52.4 Å². The number of nitro benzene ring substituents is 1. The zero-order valence-corrected chi connectivity index (χ0v) is 10.2. The van der Waals surface area contributed by atoms with Crippen molar-refractivity contribution in [2.24, 2.45) is 5.41 Å². The maximum absolute atomic E-state index is 13.2. The van der Waals surface area contributed by atoms with Gasteiger partial charge in [0.05, 0.1) is 11.5 Å². The molecule has 0 aliphatic heterocycles. The summed E-state index contributed by atoms with van der Waals surface area (Å²) >= 11 is 0. The summed E-state index contributed by atoms with van der Waals surface area (Å²) in [7, 11) is 0. The van der Waals surface area contributed by atoms with Crippen molar-refractivity contribution in [3.05, 3.63) is 34.1 Å². The lowest BCUT2D eigenvalue weighted by Crippen LogP contribution is -2.11. The molecular weight excluding hydrogens is 225 g/mol. The number of nitrogens with zero attached hydrogens (tertiary/aromatic N) is 1. The summed E-state index contributed by atoms with van der Waals surface area (Å²) in [6, 6.07) is 3.85. The highest BCUT2D eigenvalue weighted by molar-refractivity contribution is 5.47. The zero-order valence-electron chi connectivity index (χ0n) is 10.2. The number of nitro groups is 1. The molecule has 1 aromatic rings. The van der Waals surface area contributed by atoms with Crippen molar-refractivity contribution >= 4 is 5.69 Å². The van der Waals surface area contributed by atoms with Crippen LogP contribution in [0.3, 0.4) is 0 Å². The molecule has 0 unspecified atom stereocenters. The Morgan fingerprint density at radius 3 is 2.59 bits per heavy atom. The summed E-state index contributed by atoms with van der Waals surface area (Å²) in [5.74, 6) is -0.887. The lowest BCUT2D eigenvalue weighted by molar-refractivity contribution is -0.388. The van der Waals surface area contributed by atoms with Crippen LogP contribution in [0.5, 0.6) is 5.75 Å². The maximum atomic E-state index is 13.2. The van der Waals surface area contributed by atoms with Crippen molar-refractivity contribution in [1.29, 1.82) is 0 Å². The molecule has 0 atom stereocenters. The maximum Gasteiger partial charge on any atom is 0.346 e. The first-order valence-corrected chi connectivity index (χ1v) is 5.37. The molecule has 17 heavy (non-hydrogen) atoms. The van der Waals surface area contributed by atoms with E-state index in [0.29, 0.717) is 6.61 Å². The smallest absolute Gasteiger partial charge is 0.346 e. The lowest BCUT2D eigenvalue weighted by atomic mass is 9.93. The highest BCUT2D eigenvalue weighted by Gasteiger charge is 2.21. The fraction of sp³-hybridized carbons (Fsp3) is 0.500. The normalized spacial score (nSPS) is 11.3. The number of benzene rings is 1. The Bertz CT molecular complexity index is 413. The molecular formula is C12H16FNO3. The molecule has 1 aromatic carbocycles. The van der Waals surface area contributed by atoms with Crippen molar-refractivity contribution in [3.8, 4) is 5.75 Å². The van der Waals surface area contributed by atoms with E-state index in [4.69, 9.17) is 4.74 Å². The van der Waals surface area contributed by atoms with Crippen LogP contribution >= 0.6 is 0 Å². The fourth-order valence-electron chi connectivity index (χ4n) is 1.26. The monoisotopic (exact) mass is 241 g/mol. The Morgan fingerprint density at radius 1 is 1.41 bits per heavy atom. The third-order valence-electron chi connectivity index (χ3n) is 2.24. The molecule has 4 nitrogen and oxygen atoms in total. The summed E-state index contributed by atoms with van der Waals surface area (Å²) in [6.07, 6.45) is 0.737. The van der Waals surface area contributed by atoms with E-state index in [1.54, 1.807) is 0 Å². The fourth-order valence-corrected chi connectivity index (χ4v) is 1.26. The van der Waals surface area contributed by atoms with E-state index in [1.807, 2.05) is 20.8 Å². The summed E-state index contributed by atoms with van der Waals surface area (Å²) in [6.45, 7) is 6.44. The van der Waals surface area contributed by atoms with Crippen molar-refractivity contribution in [2.75, 3.05) is 6.61 Å². The van der Waals surface area contributed by atoms with Crippen molar-refractivity contribution < 1.29 is 14.1 Å². The van der Waals surface area contributed by atoms with Crippen LogP contribution in [-0.4, -0.2) is 11.5 Å². The quantitative estimate of drug-likeness (QED) is 0.598. The Kier molecular flexibility index (Phi) is 4.04. The average molecular weight is 241 g/mol. The van der Waals surface area contributed by atoms with Crippen LogP contribution in [0.4, 0.5) is 10.1 Å². The largest absolute Gasteiger partial charge is 0.487 e. The third kappa shape index (κ3) is 4.01. The van der Waals surface area contributed by atoms with E-state index >= 15 is 0 Å². The van der Waals surface area contributed by atoms with Crippen molar-refractivity contribution in [2.45, 2.75) is 27.2 Å². The van der Waals surface area contributed by atoms with Gasteiger partial charge in [0.1, 0.15) is 0 Å². The number of ether oxygens (including phenoxy) is 1. The number of para-hydroxylation sites is 1. The molecule has 0 spiro atoms. The second-order valence-electron chi connectivity index (χ2n) is 5.00. The van der Waals surface area contributed by atoms with E-state index in [2.05, 4.69) is 0 Å². The average Bonchev–Trinajstić information content (AvgIpc) is 2.14. The lowest BCUT2D eigenvalue weighted by Gasteiger charge is -2.17. The van der Waals surface area contributed by atoms with E-state index < -0.39 is 16.4 Å². The Labute approximate surface area is 99.6 Å². The van der Waals surface area contributed by atoms with Crippen molar-refractivity contribution in [1.82, 2.24) is 0 Å². The van der Waals surface area contributed by atoms with Crippen LogP contribution < -0.4 is 4.74 Å². The van der Waals surface area contributed by atoms with E-state index in [9.17, 15) is 14.5 Å². The standard InChI is InChI=1S/C12H16FNO3/c1-12(2,3)7-8-17-10-6-4-5-9(13)11(10)14(15)16/h4-6H,7-8H2,1-3H3. The Hall–Kier alpha value is -1.65. The first-order chi connectivity index (χ1) is 7.81. The SMILES string of the molecule is CC(C)(C)CCOc1cccc(F)c1[N+](=O)[O-]. The van der Waals surface area contributed by atoms with Gasteiger partial charge in [-0.2, -0.15) is 4.39 Å². The minimum Gasteiger partial charge on any atom is -0.487 e. The predicted octanol–water partition coefficient (Wildman–Crippen LogP) is 3.55. The van der Waals surface area contributed by atoms with Gasteiger partial charge in [0, 0.05) is 0 Å². The Morgan fingerprint density at radius 2 is 2.06 bits per heavy atom. The molecule has 0 aliphatic rings. The molecule has 1 rings (SSSR count). The van der Waals surface area contributed by atoms with Gasteiger partial charge in [-0.05, 0) is 24.0 Å². The third-order valence-corrected chi connectivity index (χ3v) is 2.24. The van der Waals surface area contributed by atoms with Gasteiger partial charge in [-0.3, -0.25) is 10.1 Å². The second kappa shape index (κ2) is 5.12. The van der Waals surface area contributed by atoms with Crippen molar-refractivity contribution in [3.63, 3.8) is 0 Å². The first kappa shape index (κ1) is 13.4. The highest BCUT2D eigenvalue weighted by atomic mass is 19.1. The molecule has 94 valence electrons. The second-order valence-corrected chi connectivity index (χ2v) is 5.00. The molecule has 0 aliphatic carbocycles. The van der Waals surface area contributed by atoms with Gasteiger partial charge >= 0.3 is 5.69 Å². The predicted molar refractivity (Wildman–Crippen MR) is 62.6 cm³/mol. The molecule has 0 saturated carbocycles. The molecule has 0 saturated heterocycles. The summed E-state index contributed by atoms with van der Waals surface area (Å²) in [5, 5.41) is 10.7. The van der Waals surface area contributed by atoms with Gasteiger partial charge in [-0.25, -0.2) is 0 Å². The molecule has 0 N–H and O–H groups in total. The Balaban J connectivity index is 2.78. The van der Waals surface area contributed by atoms with Gasteiger partial charge < -0.3 is 4.74 Å². The number of halogens is 1. The molecule has 0 amide bonds. The van der Waals surface area contributed by atoms with Gasteiger partial charge in [-0.15, -0.1) is 0 Å². The number of rotatable bonds is 4. The van der Waals surface area contributed by atoms with Crippen LogP contribution in [0.1, 0.15) is 27.2 Å². The molecule has 5 heteroatoms. The van der Waals surface area contributed by atoms with Gasteiger partial charge in [0.25, 0.3) is 0 Å². The molecule has 0 heterocycles. The van der Waals surface area contributed by atoms with Crippen LogP contribution in [0.15, 0.2) is 18.2 Å². The van der Waals surface area contributed by atoms with E-state index in [1.165, 1.54) is 12.1 Å². The van der Waals surface area contributed by atoms with Crippen LogP contribution in [-0.2, 0) is 0 Å². The number of hydrogen-bond donors (Lipinski definition) is 0. The van der Waals surface area contributed by atoms with Crippen LogP contribution in [0.25, 0.3) is 0 Å². The molecule has 0 fully saturated rings. The number of hydrogen-bond acceptors (Lipinski definition) is 3. The molecule has 0 radical (unpaired) electrons. The van der Waals surface area contributed by atoms with E-state index in [0.717, 1.165) is 12.5 Å². The van der Waals surface area contributed by atoms with Gasteiger partial charge in [0.15, 0.2) is 5.75 Å². The minimum atomic E-state index is -0.872.